The van der Waals surface area contributed by atoms with Gasteiger partial charge in [0.05, 0.1) is 0 Å². The molecule has 1 aromatic carbocycles. The Labute approximate surface area is 117 Å². The van der Waals surface area contributed by atoms with Crippen molar-refractivity contribution < 1.29 is 9.59 Å². The highest BCUT2D eigenvalue weighted by atomic mass is 32.2. The second-order valence-corrected chi connectivity index (χ2v) is 5.41. The van der Waals surface area contributed by atoms with E-state index in [2.05, 4.69) is 5.32 Å². The topological polar surface area (TPSA) is 49.4 Å². The number of rotatable bonds is 4. The molecule has 1 unspecified atom stereocenters. The molecule has 1 N–H and O–H groups in total. The third-order valence-corrected chi connectivity index (χ3v) is 3.87. The summed E-state index contributed by atoms with van der Waals surface area (Å²) < 4.78 is 0. The van der Waals surface area contributed by atoms with E-state index in [4.69, 9.17) is 0 Å². The lowest BCUT2D eigenvalue weighted by atomic mass is 10.1. The van der Waals surface area contributed by atoms with E-state index in [-0.39, 0.29) is 24.4 Å². The first kappa shape index (κ1) is 13.9. The molecule has 1 heterocycles. The summed E-state index contributed by atoms with van der Waals surface area (Å²) in [4.78, 5) is 26.8. The van der Waals surface area contributed by atoms with Gasteiger partial charge in [-0.25, -0.2) is 0 Å². The molecule has 1 saturated heterocycles. The minimum absolute atomic E-state index is 0.0142. The highest BCUT2D eigenvalue weighted by Crippen LogP contribution is 2.24. The maximum atomic E-state index is 12.4. The van der Waals surface area contributed by atoms with Gasteiger partial charge in [-0.05, 0) is 30.9 Å². The molecule has 1 fully saturated rings. The Balaban J connectivity index is 2.26. The maximum Gasteiger partial charge on any atom is 0.250 e. The van der Waals surface area contributed by atoms with Crippen LogP contribution in [0.25, 0.3) is 0 Å². The SMILES string of the molecule is CCCC1NC(=O)CN(c2cccc(SC)c2)C1=O. The molecule has 1 aliphatic rings. The molecule has 1 aliphatic heterocycles. The van der Waals surface area contributed by atoms with Crippen LogP contribution in [-0.2, 0) is 9.59 Å². The molecule has 1 atom stereocenters. The van der Waals surface area contributed by atoms with Crippen LogP contribution >= 0.6 is 11.8 Å². The van der Waals surface area contributed by atoms with Gasteiger partial charge in [-0.2, -0.15) is 0 Å². The predicted molar refractivity (Wildman–Crippen MR) is 77.4 cm³/mol. The summed E-state index contributed by atoms with van der Waals surface area (Å²) in [5, 5.41) is 2.76. The number of anilines is 1. The van der Waals surface area contributed by atoms with Gasteiger partial charge in [0.1, 0.15) is 12.6 Å². The van der Waals surface area contributed by atoms with Crippen LogP contribution in [0.5, 0.6) is 0 Å². The second kappa shape index (κ2) is 6.10. The number of nitrogens with one attached hydrogen (secondary N) is 1. The normalized spacial score (nSPS) is 19.5. The van der Waals surface area contributed by atoms with Crippen molar-refractivity contribution in [2.45, 2.75) is 30.7 Å². The van der Waals surface area contributed by atoms with Gasteiger partial charge in [-0.15, -0.1) is 11.8 Å². The van der Waals surface area contributed by atoms with Crippen LogP contribution in [-0.4, -0.2) is 30.7 Å². The molecule has 19 heavy (non-hydrogen) atoms. The van der Waals surface area contributed by atoms with E-state index in [1.54, 1.807) is 16.7 Å². The zero-order valence-electron chi connectivity index (χ0n) is 11.2. The number of carbonyl (C=O) groups is 2. The van der Waals surface area contributed by atoms with E-state index in [1.165, 1.54) is 0 Å². The average Bonchev–Trinajstić information content (AvgIpc) is 2.43. The lowest BCUT2D eigenvalue weighted by molar-refractivity contribution is -0.131. The molecule has 1 aromatic rings. The van der Waals surface area contributed by atoms with E-state index in [0.717, 1.165) is 17.0 Å². The fourth-order valence-electron chi connectivity index (χ4n) is 2.19. The Morgan fingerprint density at radius 3 is 2.89 bits per heavy atom. The summed E-state index contributed by atoms with van der Waals surface area (Å²) in [6.07, 6.45) is 3.54. The van der Waals surface area contributed by atoms with E-state index >= 15 is 0 Å². The van der Waals surface area contributed by atoms with E-state index in [1.807, 2.05) is 37.4 Å². The number of nitrogens with zero attached hydrogens (tertiary/aromatic N) is 1. The van der Waals surface area contributed by atoms with Crippen molar-refractivity contribution in [3.05, 3.63) is 24.3 Å². The summed E-state index contributed by atoms with van der Waals surface area (Å²) in [6.45, 7) is 2.11. The van der Waals surface area contributed by atoms with E-state index in [9.17, 15) is 9.59 Å². The molecular weight excluding hydrogens is 260 g/mol. The minimum Gasteiger partial charge on any atom is -0.343 e. The summed E-state index contributed by atoms with van der Waals surface area (Å²) in [7, 11) is 0. The van der Waals surface area contributed by atoms with Gasteiger partial charge >= 0.3 is 0 Å². The van der Waals surface area contributed by atoms with Crippen molar-refractivity contribution in [3.8, 4) is 0 Å². The first-order valence-corrected chi connectivity index (χ1v) is 7.63. The van der Waals surface area contributed by atoms with Crippen LogP contribution in [0.2, 0.25) is 0 Å². The molecule has 5 heteroatoms. The zero-order chi connectivity index (χ0) is 13.8. The molecule has 0 spiro atoms. The Kier molecular flexibility index (Phi) is 4.47. The van der Waals surface area contributed by atoms with Gasteiger partial charge in [0.15, 0.2) is 0 Å². The summed E-state index contributed by atoms with van der Waals surface area (Å²) in [6, 6.07) is 7.34. The summed E-state index contributed by atoms with van der Waals surface area (Å²) in [5.41, 5.74) is 0.799. The lowest BCUT2D eigenvalue weighted by Crippen LogP contribution is -2.58. The van der Waals surface area contributed by atoms with Gasteiger partial charge in [-0.3, -0.25) is 9.59 Å². The molecule has 2 rings (SSSR count). The Morgan fingerprint density at radius 2 is 2.21 bits per heavy atom. The maximum absolute atomic E-state index is 12.4. The number of carbonyl (C=O) groups excluding carboxylic acids is 2. The Bertz CT molecular complexity index is 490. The highest BCUT2D eigenvalue weighted by molar-refractivity contribution is 7.98. The van der Waals surface area contributed by atoms with Crippen molar-refractivity contribution in [2.24, 2.45) is 0 Å². The molecule has 2 amide bonds. The molecule has 102 valence electrons. The fraction of sp³-hybridized carbons (Fsp3) is 0.429. The quantitative estimate of drug-likeness (QED) is 0.857. The van der Waals surface area contributed by atoms with Crippen LogP contribution in [0.4, 0.5) is 5.69 Å². The van der Waals surface area contributed by atoms with E-state index < -0.39 is 0 Å². The third kappa shape index (κ3) is 3.10. The van der Waals surface area contributed by atoms with Crippen molar-refractivity contribution in [1.29, 1.82) is 0 Å². The first-order valence-electron chi connectivity index (χ1n) is 6.40. The fourth-order valence-corrected chi connectivity index (χ4v) is 2.65. The number of piperazine rings is 1. The zero-order valence-corrected chi connectivity index (χ0v) is 12.0. The average molecular weight is 278 g/mol. The molecule has 0 aromatic heterocycles. The van der Waals surface area contributed by atoms with Gasteiger partial charge in [0.2, 0.25) is 11.8 Å². The van der Waals surface area contributed by atoms with Crippen molar-refractivity contribution in [3.63, 3.8) is 0 Å². The standard InChI is InChI=1S/C14H18N2O2S/c1-3-5-12-14(18)16(9-13(17)15-12)10-6-4-7-11(8-10)19-2/h4,6-8,12H,3,5,9H2,1-2H3,(H,15,17). The molecule has 0 aliphatic carbocycles. The second-order valence-electron chi connectivity index (χ2n) is 4.53. The predicted octanol–water partition coefficient (Wildman–Crippen LogP) is 2.04. The van der Waals surface area contributed by atoms with Crippen molar-refractivity contribution >= 4 is 29.3 Å². The highest BCUT2D eigenvalue weighted by Gasteiger charge is 2.32. The van der Waals surface area contributed by atoms with Crippen molar-refractivity contribution in [1.82, 2.24) is 5.32 Å². The van der Waals surface area contributed by atoms with Crippen LogP contribution in [0, 0.1) is 0 Å². The number of hydrogen-bond acceptors (Lipinski definition) is 3. The molecule has 0 saturated carbocycles. The summed E-state index contributed by atoms with van der Waals surface area (Å²) in [5.74, 6) is -0.104. The Hall–Kier alpha value is -1.49. The van der Waals surface area contributed by atoms with Gasteiger partial charge < -0.3 is 10.2 Å². The minimum atomic E-state index is -0.385. The van der Waals surface area contributed by atoms with Gasteiger partial charge in [-0.1, -0.05) is 19.4 Å². The number of amides is 2. The molecule has 0 radical (unpaired) electrons. The molecule has 4 nitrogen and oxygen atoms in total. The number of benzene rings is 1. The number of thioether (sulfide) groups is 1. The monoisotopic (exact) mass is 278 g/mol. The number of hydrogen-bond donors (Lipinski definition) is 1. The molecular formula is C14H18N2O2S. The van der Waals surface area contributed by atoms with Crippen LogP contribution < -0.4 is 10.2 Å². The lowest BCUT2D eigenvalue weighted by Gasteiger charge is -2.32. The van der Waals surface area contributed by atoms with Gasteiger partial charge in [0, 0.05) is 10.6 Å². The van der Waals surface area contributed by atoms with Crippen molar-refractivity contribution in [2.75, 3.05) is 17.7 Å². The Morgan fingerprint density at radius 1 is 1.42 bits per heavy atom. The van der Waals surface area contributed by atoms with Crippen LogP contribution in [0.15, 0.2) is 29.2 Å². The van der Waals surface area contributed by atoms with Gasteiger partial charge in [0.25, 0.3) is 0 Å². The third-order valence-electron chi connectivity index (χ3n) is 3.14. The van der Waals surface area contributed by atoms with Crippen LogP contribution in [0.1, 0.15) is 19.8 Å². The summed E-state index contributed by atoms with van der Waals surface area (Å²) >= 11 is 1.62. The first-order chi connectivity index (χ1) is 9.15. The molecule has 0 bridgehead atoms. The van der Waals surface area contributed by atoms with Crippen LogP contribution in [0.3, 0.4) is 0 Å². The largest absolute Gasteiger partial charge is 0.343 e. The van der Waals surface area contributed by atoms with E-state index in [0.29, 0.717) is 6.42 Å². The smallest absolute Gasteiger partial charge is 0.250 e.